The Kier molecular flexibility index (Phi) is 3.03. The van der Waals surface area contributed by atoms with E-state index in [1.807, 2.05) is 0 Å². The smallest absolute Gasteiger partial charge is 0.370 e. The molecular formula is C11H13F3N2. The second-order valence-corrected chi connectivity index (χ2v) is 3.94. The Labute approximate surface area is 91.9 Å². The molecule has 2 rings (SSSR count). The molecule has 1 aliphatic heterocycles. The van der Waals surface area contributed by atoms with Crippen LogP contribution in [0.25, 0.3) is 0 Å². The summed E-state index contributed by atoms with van der Waals surface area (Å²) < 4.78 is 37.3. The van der Waals surface area contributed by atoms with E-state index in [0.717, 1.165) is 37.3 Å². The first-order chi connectivity index (χ1) is 7.57. The largest absolute Gasteiger partial charge is 0.433 e. The lowest BCUT2D eigenvalue weighted by Crippen LogP contribution is -2.14. The average Bonchev–Trinajstić information content (AvgIpc) is 2.16. The standard InChI is InChI=1S/C11H13F3N2/c12-11(13,14)9-6-5-8-4-2-1-3-7-15-10(8)16-9/h5-6H,1-4,7H2,(H,15,16). The number of aryl methyl sites for hydroxylation is 1. The topological polar surface area (TPSA) is 24.9 Å². The summed E-state index contributed by atoms with van der Waals surface area (Å²) in [6.45, 7) is 0.696. The van der Waals surface area contributed by atoms with Gasteiger partial charge in [0.1, 0.15) is 11.5 Å². The zero-order chi connectivity index (χ0) is 11.6. The van der Waals surface area contributed by atoms with Crippen LogP contribution in [-0.4, -0.2) is 11.5 Å². The maximum atomic E-state index is 12.4. The van der Waals surface area contributed by atoms with Crippen molar-refractivity contribution in [3.63, 3.8) is 0 Å². The van der Waals surface area contributed by atoms with E-state index in [1.54, 1.807) is 0 Å². The number of rotatable bonds is 0. The molecule has 0 fully saturated rings. The number of anilines is 1. The third kappa shape index (κ3) is 2.46. The van der Waals surface area contributed by atoms with E-state index in [1.165, 1.54) is 6.07 Å². The van der Waals surface area contributed by atoms with Gasteiger partial charge in [0.05, 0.1) is 0 Å². The summed E-state index contributed by atoms with van der Waals surface area (Å²) in [5.41, 5.74) is 0.0621. The first-order valence-corrected chi connectivity index (χ1v) is 5.38. The Bertz CT molecular complexity index is 374. The van der Waals surface area contributed by atoms with Gasteiger partial charge in [-0.2, -0.15) is 13.2 Å². The van der Waals surface area contributed by atoms with Crippen LogP contribution in [-0.2, 0) is 12.6 Å². The van der Waals surface area contributed by atoms with E-state index in [2.05, 4.69) is 10.3 Å². The maximum Gasteiger partial charge on any atom is 0.433 e. The van der Waals surface area contributed by atoms with Crippen LogP contribution in [0.4, 0.5) is 19.0 Å². The SMILES string of the molecule is FC(F)(F)c1ccc2c(n1)NCCCCC2. The first kappa shape index (κ1) is 11.2. The van der Waals surface area contributed by atoms with Crippen LogP contribution in [0.1, 0.15) is 30.5 Å². The van der Waals surface area contributed by atoms with Crippen molar-refractivity contribution in [1.82, 2.24) is 4.98 Å². The molecule has 0 saturated heterocycles. The van der Waals surface area contributed by atoms with Crippen molar-refractivity contribution in [2.24, 2.45) is 0 Å². The van der Waals surface area contributed by atoms with E-state index in [9.17, 15) is 13.2 Å². The van der Waals surface area contributed by atoms with Crippen molar-refractivity contribution < 1.29 is 13.2 Å². The molecule has 0 amide bonds. The zero-order valence-corrected chi connectivity index (χ0v) is 8.77. The molecule has 2 heterocycles. The highest BCUT2D eigenvalue weighted by molar-refractivity contribution is 5.45. The molecule has 1 aliphatic rings. The van der Waals surface area contributed by atoms with E-state index >= 15 is 0 Å². The minimum Gasteiger partial charge on any atom is -0.370 e. The molecule has 1 aromatic rings. The predicted molar refractivity (Wildman–Crippen MR) is 55.3 cm³/mol. The molecule has 88 valence electrons. The fourth-order valence-electron chi connectivity index (χ4n) is 1.82. The summed E-state index contributed by atoms with van der Waals surface area (Å²) in [5, 5.41) is 2.97. The summed E-state index contributed by atoms with van der Waals surface area (Å²) in [4.78, 5) is 3.65. The molecule has 0 spiro atoms. The van der Waals surface area contributed by atoms with Gasteiger partial charge in [-0.25, -0.2) is 4.98 Å². The van der Waals surface area contributed by atoms with E-state index in [0.29, 0.717) is 12.4 Å². The lowest BCUT2D eigenvalue weighted by Gasteiger charge is -2.16. The van der Waals surface area contributed by atoms with Crippen LogP contribution in [0.3, 0.4) is 0 Å². The van der Waals surface area contributed by atoms with Gasteiger partial charge in [-0.15, -0.1) is 0 Å². The minimum absolute atomic E-state index is 0.398. The number of hydrogen-bond donors (Lipinski definition) is 1. The second kappa shape index (κ2) is 4.31. The third-order valence-corrected chi connectivity index (χ3v) is 2.68. The molecule has 5 heteroatoms. The van der Waals surface area contributed by atoms with Crippen LogP contribution in [0.2, 0.25) is 0 Å². The molecular weight excluding hydrogens is 217 g/mol. The minimum atomic E-state index is -4.36. The molecule has 0 atom stereocenters. The highest BCUT2D eigenvalue weighted by atomic mass is 19.4. The Morgan fingerprint density at radius 1 is 1.12 bits per heavy atom. The Morgan fingerprint density at radius 3 is 2.69 bits per heavy atom. The number of nitrogens with zero attached hydrogens (tertiary/aromatic N) is 1. The van der Waals surface area contributed by atoms with Crippen molar-refractivity contribution in [1.29, 1.82) is 0 Å². The van der Waals surface area contributed by atoms with E-state index in [-0.39, 0.29) is 0 Å². The molecule has 0 saturated carbocycles. The molecule has 0 unspecified atom stereocenters. The predicted octanol–water partition coefficient (Wildman–Crippen LogP) is 3.24. The van der Waals surface area contributed by atoms with Gasteiger partial charge < -0.3 is 5.32 Å². The molecule has 0 aliphatic carbocycles. The van der Waals surface area contributed by atoms with Gasteiger partial charge in [-0.1, -0.05) is 12.5 Å². The monoisotopic (exact) mass is 230 g/mol. The molecule has 2 nitrogen and oxygen atoms in total. The highest BCUT2D eigenvalue weighted by Crippen LogP contribution is 2.30. The summed E-state index contributed by atoms with van der Waals surface area (Å²) in [7, 11) is 0. The Morgan fingerprint density at radius 2 is 1.94 bits per heavy atom. The fourth-order valence-corrected chi connectivity index (χ4v) is 1.82. The number of fused-ring (bicyclic) bond motifs is 1. The van der Waals surface area contributed by atoms with Crippen molar-refractivity contribution >= 4 is 5.82 Å². The molecule has 0 bridgehead atoms. The lowest BCUT2D eigenvalue weighted by molar-refractivity contribution is -0.141. The number of alkyl halides is 3. The normalized spacial score (nSPS) is 16.9. The maximum absolute atomic E-state index is 12.4. The Hall–Kier alpha value is -1.26. The van der Waals surface area contributed by atoms with Crippen LogP contribution < -0.4 is 5.32 Å². The molecule has 1 aromatic heterocycles. The molecule has 0 aromatic carbocycles. The van der Waals surface area contributed by atoms with E-state index < -0.39 is 11.9 Å². The number of pyridine rings is 1. The number of hydrogen-bond acceptors (Lipinski definition) is 2. The van der Waals surface area contributed by atoms with Crippen molar-refractivity contribution in [3.8, 4) is 0 Å². The summed E-state index contributed by atoms with van der Waals surface area (Å²) in [5.74, 6) is 0.398. The van der Waals surface area contributed by atoms with E-state index in [4.69, 9.17) is 0 Å². The average molecular weight is 230 g/mol. The van der Waals surface area contributed by atoms with Crippen molar-refractivity contribution in [2.45, 2.75) is 31.9 Å². The quantitative estimate of drug-likeness (QED) is 0.740. The van der Waals surface area contributed by atoms with Gasteiger partial charge >= 0.3 is 6.18 Å². The van der Waals surface area contributed by atoms with Crippen LogP contribution in [0, 0.1) is 0 Å². The molecule has 0 radical (unpaired) electrons. The summed E-state index contributed by atoms with van der Waals surface area (Å²) in [6, 6.07) is 2.59. The van der Waals surface area contributed by atoms with Gasteiger partial charge in [0.25, 0.3) is 0 Å². The molecule has 16 heavy (non-hydrogen) atoms. The fraction of sp³-hybridized carbons (Fsp3) is 0.545. The van der Waals surface area contributed by atoms with Gasteiger partial charge in [0.15, 0.2) is 0 Å². The lowest BCUT2D eigenvalue weighted by atomic mass is 10.1. The van der Waals surface area contributed by atoms with Crippen LogP contribution in [0.5, 0.6) is 0 Å². The third-order valence-electron chi connectivity index (χ3n) is 2.68. The number of aromatic nitrogens is 1. The zero-order valence-electron chi connectivity index (χ0n) is 8.77. The van der Waals surface area contributed by atoms with Crippen molar-refractivity contribution in [2.75, 3.05) is 11.9 Å². The first-order valence-electron chi connectivity index (χ1n) is 5.38. The van der Waals surface area contributed by atoms with Crippen LogP contribution in [0.15, 0.2) is 12.1 Å². The molecule has 1 N–H and O–H groups in total. The van der Waals surface area contributed by atoms with Crippen LogP contribution >= 0.6 is 0 Å². The summed E-state index contributed by atoms with van der Waals surface area (Å²) >= 11 is 0. The number of nitrogens with one attached hydrogen (secondary N) is 1. The second-order valence-electron chi connectivity index (χ2n) is 3.94. The highest BCUT2D eigenvalue weighted by Gasteiger charge is 2.33. The van der Waals surface area contributed by atoms with Gasteiger partial charge in [0.2, 0.25) is 0 Å². The van der Waals surface area contributed by atoms with Crippen molar-refractivity contribution in [3.05, 3.63) is 23.4 Å². The van der Waals surface area contributed by atoms with Gasteiger partial charge in [-0.3, -0.25) is 0 Å². The van der Waals surface area contributed by atoms with Gasteiger partial charge in [-0.05, 0) is 30.9 Å². The van der Waals surface area contributed by atoms with Gasteiger partial charge in [0, 0.05) is 6.54 Å². The Balaban J connectivity index is 2.32. The summed E-state index contributed by atoms with van der Waals surface area (Å²) in [6.07, 6.45) is -0.459. The number of halogens is 3.